The van der Waals surface area contributed by atoms with Gasteiger partial charge in [-0.2, -0.15) is 0 Å². The highest BCUT2D eigenvalue weighted by atomic mass is 32.1. The van der Waals surface area contributed by atoms with Crippen LogP contribution in [0.4, 0.5) is 14.9 Å². The third kappa shape index (κ3) is 2.50. The molecular formula is C17H16FN3O2S. The topological polar surface area (TPSA) is 52.7 Å². The zero-order valence-corrected chi connectivity index (χ0v) is 13.6. The Labute approximate surface area is 142 Å². The number of thiophene rings is 1. The molecule has 0 spiro atoms. The third-order valence-electron chi connectivity index (χ3n) is 4.49. The lowest BCUT2D eigenvalue weighted by molar-refractivity contribution is -0.122. The Balaban J connectivity index is 1.71. The van der Waals surface area contributed by atoms with E-state index in [0.717, 1.165) is 16.2 Å². The first kappa shape index (κ1) is 15.3. The summed E-state index contributed by atoms with van der Waals surface area (Å²) in [5, 5.41) is 5.14. The molecule has 0 aliphatic carbocycles. The molecule has 1 N–H and O–H groups in total. The molecule has 24 heavy (non-hydrogen) atoms. The predicted octanol–water partition coefficient (Wildman–Crippen LogP) is 2.59. The Kier molecular flexibility index (Phi) is 3.82. The number of rotatable bonds is 3. The molecule has 1 aromatic carbocycles. The molecule has 124 valence electrons. The average Bonchev–Trinajstić information content (AvgIpc) is 3.23. The van der Waals surface area contributed by atoms with Crippen LogP contribution in [0.15, 0.2) is 41.8 Å². The first-order valence-corrected chi connectivity index (χ1v) is 8.69. The van der Waals surface area contributed by atoms with E-state index >= 15 is 0 Å². The maximum atomic E-state index is 13.6. The number of carbonyl (C=O) groups excluding carboxylic acids is 2. The van der Waals surface area contributed by atoms with Gasteiger partial charge in [-0.3, -0.25) is 4.79 Å². The van der Waals surface area contributed by atoms with Crippen molar-refractivity contribution in [3.05, 3.63) is 52.5 Å². The fourth-order valence-electron chi connectivity index (χ4n) is 3.39. The molecule has 3 amide bonds. The maximum Gasteiger partial charge on any atom is 0.332 e. The third-order valence-corrected chi connectivity index (χ3v) is 5.35. The maximum absolute atomic E-state index is 13.6. The zero-order chi connectivity index (χ0) is 16.7. The van der Waals surface area contributed by atoms with Crippen LogP contribution in [0.25, 0.3) is 0 Å². The van der Waals surface area contributed by atoms with E-state index in [9.17, 15) is 14.0 Å². The van der Waals surface area contributed by atoms with E-state index in [1.54, 1.807) is 22.3 Å². The smallest absolute Gasteiger partial charge is 0.314 e. The molecule has 5 nitrogen and oxygen atoms in total. The highest BCUT2D eigenvalue weighted by Gasteiger charge is 2.49. The van der Waals surface area contributed by atoms with Crippen molar-refractivity contribution in [2.75, 3.05) is 11.4 Å². The first-order chi connectivity index (χ1) is 11.6. The number of imide groups is 1. The van der Waals surface area contributed by atoms with Crippen molar-refractivity contribution >= 4 is 29.0 Å². The van der Waals surface area contributed by atoms with E-state index in [0.29, 0.717) is 13.1 Å². The van der Waals surface area contributed by atoms with Crippen LogP contribution in [0, 0.1) is 5.82 Å². The second-order valence-electron chi connectivity index (χ2n) is 5.93. The minimum Gasteiger partial charge on any atom is -0.314 e. The average molecular weight is 345 g/mol. The number of urea groups is 1. The van der Waals surface area contributed by atoms with Gasteiger partial charge in [-0.25, -0.2) is 14.1 Å². The van der Waals surface area contributed by atoms with Gasteiger partial charge in [-0.05, 0) is 42.6 Å². The van der Waals surface area contributed by atoms with Gasteiger partial charge < -0.3 is 10.2 Å². The van der Waals surface area contributed by atoms with Crippen LogP contribution in [0.2, 0.25) is 0 Å². The fraction of sp³-hybridized carbons (Fsp3) is 0.294. The molecule has 7 heteroatoms. The highest BCUT2D eigenvalue weighted by Crippen LogP contribution is 2.30. The highest BCUT2D eigenvalue weighted by molar-refractivity contribution is 7.09. The van der Waals surface area contributed by atoms with Crippen LogP contribution in [-0.4, -0.2) is 35.5 Å². The Morgan fingerprint density at radius 3 is 2.88 bits per heavy atom. The van der Waals surface area contributed by atoms with E-state index in [1.165, 1.54) is 18.2 Å². The molecule has 2 aromatic rings. The summed E-state index contributed by atoms with van der Waals surface area (Å²) >= 11 is 1.58. The number of anilines is 1. The summed E-state index contributed by atoms with van der Waals surface area (Å²) in [5.41, 5.74) is 0.272. The normalized spacial score (nSPS) is 23.7. The van der Waals surface area contributed by atoms with Gasteiger partial charge in [0.1, 0.15) is 11.9 Å². The number of halogens is 1. The van der Waals surface area contributed by atoms with E-state index in [4.69, 9.17) is 0 Å². The molecule has 1 aromatic heterocycles. The fourth-order valence-corrected chi connectivity index (χ4v) is 4.09. The van der Waals surface area contributed by atoms with Crippen LogP contribution in [0.5, 0.6) is 0 Å². The molecule has 0 radical (unpaired) electrons. The molecule has 4 rings (SSSR count). The van der Waals surface area contributed by atoms with Gasteiger partial charge in [0.2, 0.25) is 0 Å². The van der Waals surface area contributed by atoms with E-state index in [-0.39, 0.29) is 23.7 Å². The minimum absolute atomic E-state index is 0.156. The molecule has 2 aliphatic heterocycles. The molecular weight excluding hydrogens is 329 g/mol. The number of hydrogen-bond donors (Lipinski definition) is 1. The van der Waals surface area contributed by atoms with Crippen molar-refractivity contribution in [3.63, 3.8) is 0 Å². The number of nitrogens with one attached hydrogen (secondary N) is 1. The molecule has 2 saturated heterocycles. The van der Waals surface area contributed by atoms with Crippen molar-refractivity contribution in [1.29, 1.82) is 0 Å². The van der Waals surface area contributed by atoms with Crippen LogP contribution in [0.3, 0.4) is 0 Å². The van der Waals surface area contributed by atoms with Gasteiger partial charge in [-0.1, -0.05) is 12.1 Å². The number of hydrogen-bond acceptors (Lipinski definition) is 4. The number of fused-ring (bicyclic) bond motifs is 1. The molecule has 0 bridgehead atoms. The van der Waals surface area contributed by atoms with Crippen molar-refractivity contribution in [2.24, 2.45) is 0 Å². The van der Waals surface area contributed by atoms with Crippen molar-refractivity contribution in [2.45, 2.75) is 25.0 Å². The lowest BCUT2D eigenvalue weighted by atomic mass is 10.0. The summed E-state index contributed by atoms with van der Waals surface area (Å²) < 4.78 is 13.6. The van der Waals surface area contributed by atoms with Crippen molar-refractivity contribution in [1.82, 2.24) is 10.2 Å². The lowest BCUT2D eigenvalue weighted by Gasteiger charge is -2.41. The molecule has 2 fully saturated rings. The summed E-state index contributed by atoms with van der Waals surface area (Å²) in [6.07, 6.45) is 0.741. The Morgan fingerprint density at radius 1 is 1.25 bits per heavy atom. The minimum atomic E-state index is -0.473. The quantitative estimate of drug-likeness (QED) is 0.930. The zero-order valence-electron chi connectivity index (χ0n) is 12.8. The van der Waals surface area contributed by atoms with Gasteiger partial charge in [0.05, 0.1) is 18.3 Å². The van der Waals surface area contributed by atoms with Crippen molar-refractivity contribution in [3.8, 4) is 0 Å². The SMILES string of the molecule is O=C1[C@H]2NCC[C@H]2N(Cc2cccs2)C(=O)N1c1cccc(F)c1. The molecule has 2 aliphatic rings. The molecule has 0 unspecified atom stereocenters. The number of amides is 3. The molecule has 3 heterocycles. The summed E-state index contributed by atoms with van der Waals surface area (Å²) in [5.74, 6) is -0.782. The van der Waals surface area contributed by atoms with Crippen LogP contribution in [0.1, 0.15) is 11.3 Å². The molecule has 2 atom stereocenters. The van der Waals surface area contributed by atoms with Gasteiger partial charge >= 0.3 is 6.03 Å². The first-order valence-electron chi connectivity index (χ1n) is 7.81. The Hall–Kier alpha value is -2.25. The summed E-state index contributed by atoms with van der Waals surface area (Å²) in [6.45, 7) is 1.14. The van der Waals surface area contributed by atoms with E-state index in [1.807, 2.05) is 17.5 Å². The monoisotopic (exact) mass is 345 g/mol. The summed E-state index contributed by atoms with van der Waals surface area (Å²) in [7, 11) is 0. The largest absolute Gasteiger partial charge is 0.332 e. The van der Waals surface area contributed by atoms with Gasteiger partial charge in [0, 0.05) is 4.88 Å². The summed E-state index contributed by atoms with van der Waals surface area (Å²) in [6, 6.07) is 8.52. The number of benzene rings is 1. The second-order valence-corrected chi connectivity index (χ2v) is 6.96. The van der Waals surface area contributed by atoms with Crippen LogP contribution >= 0.6 is 11.3 Å². The van der Waals surface area contributed by atoms with Crippen LogP contribution < -0.4 is 10.2 Å². The van der Waals surface area contributed by atoms with Crippen molar-refractivity contribution < 1.29 is 14.0 Å². The van der Waals surface area contributed by atoms with E-state index in [2.05, 4.69) is 5.32 Å². The lowest BCUT2D eigenvalue weighted by Crippen LogP contribution is -2.64. The van der Waals surface area contributed by atoms with Gasteiger partial charge in [0.25, 0.3) is 5.91 Å². The molecule has 0 saturated carbocycles. The summed E-state index contributed by atoms with van der Waals surface area (Å²) in [4.78, 5) is 29.7. The van der Waals surface area contributed by atoms with E-state index < -0.39 is 11.9 Å². The van der Waals surface area contributed by atoms with Gasteiger partial charge in [-0.15, -0.1) is 11.3 Å². The van der Waals surface area contributed by atoms with Gasteiger partial charge in [0.15, 0.2) is 0 Å². The van der Waals surface area contributed by atoms with Crippen LogP contribution in [-0.2, 0) is 11.3 Å². The standard InChI is InChI=1S/C17H16FN3O2S/c18-11-3-1-4-12(9-11)21-16(22)15-14(6-7-19-15)20(17(21)23)10-13-5-2-8-24-13/h1-5,8-9,14-15,19H,6-7,10H2/t14-,15+/m1/s1. The Bertz CT molecular complexity index is 780. The second kappa shape index (κ2) is 5.99. The Morgan fingerprint density at radius 2 is 2.12 bits per heavy atom. The number of carbonyl (C=O) groups is 2. The predicted molar refractivity (Wildman–Crippen MR) is 89.3 cm³/mol. The number of nitrogens with zero attached hydrogens (tertiary/aromatic N) is 2.